The first kappa shape index (κ1) is 11.6. The van der Waals surface area contributed by atoms with E-state index in [0.29, 0.717) is 0 Å². The minimum absolute atomic E-state index is 0.0602. The summed E-state index contributed by atoms with van der Waals surface area (Å²) in [5, 5.41) is 4.32. The van der Waals surface area contributed by atoms with Gasteiger partial charge in [-0.3, -0.25) is 11.3 Å². The molecule has 1 heterocycles. The van der Waals surface area contributed by atoms with Crippen molar-refractivity contribution in [1.82, 2.24) is 15.2 Å². The normalized spacial score (nSPS) is 12.3. The predicted molar refractivity (Wildman–Crippen MR) is 68.4 cm³/mol. The highest BCUT2D eigenvalue weighted by Gasteiger charge is 2.10. The maximum atomic E-state index is 5.50. The summed E-state index contributed by atoms with van der Waals surface area (Å²) in [5.74, 6) is 5.50. The molecule has 0 saturated heterocycles. The van der Waals surface area contributed by atoms with Gasteiger partial charge in [-0.25, -0.2) is 4.68 Å². The highest BCUT2D eigenvalue weighted by atomic mass is 15.3. The molecule has 17 heavy (non-hydrogen) atoms. The molecule has 0 radical (unpaired) electrons. The van der Waals surface area contributed by atoms with Gasteiger partial charge in [0.15, 0.2) is 0 Å². The molecule has 0 spiro atoms. The van der Waals surface area contributed by atoms with Gasteiger partial charge in [0.1, 0.15) is 0 Å². The first-order valence-corrected chi connectivity index (χ1v) is 5.52. The molecule has 4 nitrogen and oxygen atoms in total. The molecule has 1 unspecified atom stereocenters. The zero-order chi connectivity index (χ0) is 12.1. The van der Waals surface area contributed by atoms with Crippen LogP contribution in [0.1, 0.15) is 18.0 Å². The van der Waals surface area contributed by atoms with Crippen molar-refractivity contribution >= 4 is 0 Å². The van der Waals surface area contributed by atoms with Crippen molar-refractivity contribution in [2.45, 2.75) is 12.5 Å². The Morgan fingerprint density at radius 3 is 2.82 bits per heavy atom. The van der Waals surface area contributed by atoms with Crippen molar-refractivity contribution in [2.24, 2.45) is 5.84 Å². The molecule has 88 valence electrons. The number of hydrogen-bond donors (Lipinski definition) is 2. The van der Waals surface area contributed by atoms with Crippen LogP contribution in [0.5, 0.6) is 0 Å². The van der Waals surface area contributed by atoms with E-state index in [2.05, 4.69) is 17.1 Å². The number of nitrogens with one attached hydrogen (secondary N) is 1. The lowest BCUT2D eigenvalue weighted by molar-refractivity contribution is 0.561. The molecule has 2 rings (SSSR count). The van der Waals surface area contributed by atoms with Gasteiger partial charge < -0.3 is 0 Å². The molecular formula is C13H16N4. The number of hydrazine groups is 1. The third-order valence-electron chi connectivity index (χ3n) is 2.63. The second-order valence-electron chi connectivity index (χ2n) is 3.80. The molecule has 0 aliphatic heterocycles. The molecule has 0 fully saturated rings. The predicted octanol–water partition coefficient (Wildman–Crippen LogP) is 1.95. The zero-order valence-electron chi connectivity index (χ0n) is 9.58. The van der Waals surface area contributed by atoms with E-state index in [-0.39, 0.29) is 6.04 Å². The Morgan fingerprint density at radius 2 is 2.18 bits per heavy atom. The van der Waals surface area contributed by atoms with Gasteiger partial charge in [-0.1, -0.05) is 24.3 Å². The number of hydrogen-bond acceptors (Lipinski definition) is 3. The van der Waals surface area contributed by atoms with Crippen LogP contribution in [0.25, 0.3) is 5.69 Å². The van der Waals surface area contributed by atoms with E-state index in [4.69, 9.17) is 5.84 Å². The second-order valence-corrected chi connectivity index (χ2v) is 3.80. The minimum atomic E-state index is 0.0602. The Balaban J connectivity index is 2.23. The molecule has 0 bridgehead atoms. The van der Waals surface area contributed by atoms with Crippen LogP contribution in [0.2, 0.25) is 0 Å². The fourth-order valence-electron chi connectivity index (χ4n) is 1.71. The fraction of sp³-hybridized carbons (Fsp3) is 0.154. The first-order chi connectivity index (χ1) is 8.35. The summed E-state index contributed by atoms with van der Waals surface area (Å²) in [4.78, 5) is 0. The molecule has 3 N–H and O–H groups in total. The summed E-state index contributed by atoms with van der Waals surface area (Å²) in [5.41, 5.74) is 4.85. The summed E-state index contributed by atoms with van der Waals surface area (Å²) >= 11 is 0. The molecule has 1 aromatic heterocycles. The van der Waals surface area contributed by atoms with Crippen LogP contribution >= 0.6 is 0 Å². The summed E-state index contributed by atoms with van der Waals surface area (Å²) in [6, 6.07) is 10.0. The van der Waals surface area contributed by atoms with Crippen molar-refractivity contribution in [3.05, 3.63) is 60.9 Å². The quantitative estimate of drug-likeness (QED) is 0.467. The molecule has 0 aliphatic carbocycles. The second kappa shape index (κ2) is 5.43. The molecule has 4 heteroatoms. The monoisotopic (exact) mass is 228 g/mol. The van der Waals surface area contributed by atoms with E-state index in [9.17, 15) is 0 Å². The lowest BCUT2D eigenvalue weighted by Gasteiger charge is -2.10. The number of para-hydroxylation sites is 1. The largest absolute Gasteiger partial charge is 0.271 e. The molecule has 1 aromatic carbocycles. The maximum absolute atomic E-state index is 5.50. The summed E-state index contributed by atoms with van der Waals surface area (Å²) < 4.78 is 1.84. The van der Waals surface area contributed by atoms with Crippen molar-refractivity contribution in [3.8, 4) is 5.69 Å². The van der Waals surface area contributed by atoms with Gasteiger partial charge >= 0.3 is 0 Å². The van der Waals surface area contributed by atoms with Crippen LogP contribution in [0.4, 0.5) is 0 Å². The Morgan fingerprint density at radius 1 is 1.41 bits per heavy atom. The average molecular weight is 228 g/mol. The van der Waals surface area contributed by atoms with Gasteiger partial charge in [0, 0.05) is 11.8 Å². The molecule has 2 aromatic rings. The minimum Gasteiger partial charge on any atom is -0.271 e. The van der Waals surface area contributed by atoms with Gasteiger partial charge in [0.25, 0.3) is 0 Å². The van der Waals surface area contributed by atoms with E-state index in [1.165, 1.54) is 0 Å². The summed E-state index contributed by atoms with van der Waals surface area (Å²) in [6.07, 6.45) is 6.41. The third-order valence-corrected chi connectivity index (χ3v) is 2.63. The zero-order valence-corrected chi connectivity index (χ0v) is 9.58. The maximum Gasteiger partial charge on any atom is 0.0645 e. The third kappa shape index (κ3) is 2.61. The summed E-state index contributed by atoms with van der Waals surface area (Å²) in [6.45, 7) is 3.72. The van der Waals surface area contributed by atoms with Crippen LogP contribution in [0.15, 0.2) is 55.4 Å². The van der Waals surface area contributed by atoms with E-state index < -0.39 is 0 Å². The van der Waals surface area contributed by atoms with Crippen molar-refractivity contribution in [3.63, 3.8) is 0 Å². The van der Waals surface area contributed by atoms with Crippen LogP contribution < -0.4 is 11.3 Å². The van der Waals surface area contributed by atoms with Crippen molar-refractivity contribution in [2.75, 3.05) is 0 Å². The number of aromatic nitrogens is 2. The fourth-order valence-corrected chi connectivity index (χ4v) is 1.71. The van der Waals surface area contributed by atoms with Crippen LogP contribution in [0.3, 0.4) is 0 Å². The SMILES string of the molecule is C=CCC(NN)c1cnn(-c2ccccc2)c1. The van der Waals surface area contributed by atoms with Gasteiger partial charge in [0.2, 0.25) is 0 Å². The molecule has 1 atom stereocenters. The molecule has 0 saturated carbocycles. The summed E-state index contributed by atoms with van der Waals surface area (Å²) in [7, 11) is 0. The molecule has 0 aliphatic rings. The van der Waals surface area contributed by atoms with E-state index in [1.807, 2.05) is 53.5 Å². The van der Waals surface area contributed by atoms with Gasteiger partial charge in [-0.05, 0) is 18.6 Å². The van der Waals surface area contributed by atoms with Gasteiger partial charge in [-0.15, -0.1) is 6.58 Å². The highest BCUT2D eigenvalue weighted by molar-refractivity contribution is 5.31. The lowest BCUT2D eigenvalue weighted by atomic mass is 10.1. The van der Waals surface area contributed by atoms with Crippen molar-refractivity contribution < 1.29 is 0 Å². The van der Waals surface area contributed by atoms with Crippen LogP contribution in [0, 0.1) is 0 Å². The van der Waals surface area contributed by atoms with Crippen molar-refractivity contribution in [1.29, 1.82) is 0 Å². The Labute approximate surface area is 101 Å². The topological polar surface area (TPSA) is 55.9 Å². The average Bonchev–Trinajstić information content (AvgIpc) is 2.86. The highest BCUT2D eigenvalue weighted by Crippen LogP contribution is 2.17. The smallest absolute Gasteiger partial charge is 0.0645 e. The number of nitrogens with two attached hydrogens (primary N) is 1. The van der Waals surface area contributed by atoms with Crippen LogP contribution in [-0.4, -0.2) is 9.78 Å². The first-order valence-electron chi connectivity index (χ1n) is 5.52. The Kier molecular flexibility index (Phi) is 3.69. The number of nitrogens with zero attached hydrogens (tertiary/aromatic N) is 2. The van der Waals surface area contributed by atoms with Crippen LogP contribution in [-0.2, 0) is 0 Å². The number of rotatable bonds is 5. The standard InChI is InChI=1S/C13H16N4/c1-2-6-13(16-14)11-9-15-17(10-11)12-7-4-3-5-8-12/h2-5,7-10,13,16H,1,6,14H2. The van der Waals surface area contributed by atoms with Gasteiger partial charge in [-0.2, -0.15) is 5.10 Å². The Bertz CT molecular complexity index is 475. The van der Waals surface area contributed by atoms with E-state index in [0.717, 1.165) is 17.7 Å². The molecule has 0 amide bonds. The lowest BCUT2D eigenvalue weighted by Crippen LogP contribution is -2.27. The Hall–Kier alpha value is -1.91. The van der Waals surface area contributed by atoms with Gasteiger partial charge in [0.05, 0.1) is 17.9 Å². The molecular weight excluding hydrogens is 212 g/mol. The number of benzene rings is 1. The van der Waals surface area contributed by atoms with E-state index >= 15 is 0 Å². The van der Waals surface area contributed by atoms with E-state index in [1.54, 1.807) is 0 Å².